The summed E-state index contributed by atoms with van der Waals surface area (Å²) in [5.41, 5.74) is 0. The molecule has 0 heterocycles. The van der Waals surface area contributed by atoms with Crippen LogP contribution >= 0.6 is 0 Å². The second kappa shape index (κ2) is 10.8. The van der Waals surface area contributed by atoms with E-state index in [1.54, 1.807) is 0 Å². The molecule has 17 heavy (non-hydrogen) atoms. The lowest BCUT2D eigenvalue weighted by Gasteiger charge is -2.20. The Labute approximate surface area is 109 Å². The summed E-state index contributed by atoms with van der Waals surface area (Å²) in [6, 6.07) is 0.694. The van der Waals surface area contributed by atoms with Crippen LogP contribution in [0, 0.1) is 11.8 Å². The van der Waals surface area contributed by atoms with Crippen LogP contribution in [-0.4, -0.2) is 12.6 Å². The van der Waals surface area contributed by atoms with E-state index >= 15 is 0 Å². The van der Waals surface area contributed by atoms with Gasteiger partial charge in [-0.1, -0.05) is 53.0 Å². The van der Waals surface area contributed by atoms with Gasteiger partial charge in [0.05, 0.1) is 0 Å². The van der Waals surface area contributed by atoms with Crippen LogP contribution in [0.4, 0.5) is 0 Å². The van der Waals surface area contributed by atoms with Gasteiger partial charge in [-0.2, -0.15) is 0 Å². The quantitative estimate of drug-likeness (QED) is 0.511. The summed E-state index contributed by atoms with van der Waals surface area (Å²) in [6.07, 6.45) is 9.98. The Balaban J connectivity index is 3.73. The first kappa shape index (κ1) is 16.7. The van der Waals surface area contributed by atoms with Crippen molar-refractivity contribution in [1.29, 1.82) is 0 Å². The predicted molar refractivity (Wildman–Crippen MR) is 79.4 cm³/mol. The zero-order valence-electron chi connectivity index (χ0n) is 12.5. The fraction of sp³-hybridized carbons (Fsp3) is 0.875. The van der Waals surface area contributed by atoms with Crippen molar-refractivity contribution >= 4 is 0 Å². The Morgan fingerprint density at radius 2 is 1.65 bits per heavy atom. The molecule has 0 spiro atoms. The third-order valence-corrected chi connectivity index (χ3v) is 3.43. The van der Waals surface area contributed by atoms with Gasteiger partial charge < -0.3 is 5.32 Å². The molecule has 1 heteroatoms. The standard InChI is InChI=1S/C16H33N/c1-6-8-16(17-13-7-2)12-11-15(5)10-9-14(3)4/h7,14-17H,2,6,8-13H2,1,3-5H3. The smallest absolute Gasteiger partial charge is 0.0134 e. The second-order valence-corrected chi connectivity index (χ2v) is 5.84. The van der Waals surface area contributed by atoms with E-state index in [9.17, 15) is 0 Å². The van der Waals surface area contributed by atoms with E-state index < -0.39 is 0 Å². The maximum atomic E-state index is 3.77. The van der Waals surface area contributed by atoms with E-state index in [1.807, 2.05) is 6.08 Å². The molecule has 0 aromatic heterocycles. The SMILES string of the molecule is C=CCNC(CCC)CCC(C)CCC(C)C. The van der Waals surface area contributed by atoms with Gasteiger partial charge in [0.1, 0.15) is 0 Å². The van der Waals surface area contributed by atoms with Gasteiger partial charge in [-0.15, -0.1) is 6.58 Å². The molecule has 0 aromatic carbocycles. The maximum Gasteiger partial charge on any atom is 0.0134 e. The Bertz CT molecular complexity index is 174. The van der Waals surface area contributed by atoms with Crippen LogP contribution < -0.4 is 5.32 Å². The fourth-order valence-corrected chi connectivity index (χ4v) is 2.19. The Morgan fingerprint density at radius 1 is 1.00 bits per heavy atom. The number of rotatable bonds is 11. The monoisotopic (exact) mass is 239 g/mol. The molecule has 0 aliphatic rings. The lowest BCUT2D eigenvalue weighted by atomic mass is 9.93. The third-order valence-electron chi connectivity index (χ3n) is 3.43. The minimum Gasteiger partial charge on any atom is -0.311 e. The molecule has 1 N–H and O–H groups in total. The highest BCUT2D eigenvalue weighted by atomic mass is 14.9. The molecule has 2 atom stereocenters. The van der Waals surface area contributed by atoms with Crippen molar-refractivity contribution < 1.29 is 0 Å². The van der Waals surface area contributed by atoms with E-state index in [1.165, 1.54) is 38.5 Å². The molecule has 102 valence electrons. The molecular weight excluding hydrogens is 206 g/mol. The summed E-state index contributed by atoms with van der Waals surface area (Å²) in [7, 11) is 0. The molecule has 1 nitrogen and oxygen atoms in total. The molecular formula is C16H33N. The van der Waals surface area contributed by atoms with E-state index in [0.717, 1.165) is 18.4 Å². The largest absolute Gasteiger partial charge is 0.311 e. The Hall–Kier alpha value is -0.300. The lowest BCUT2D eigenvalue weighted by molar-refractivity contribution is 0.373. The highest BCUT2D eigenvalue weighted by molar-refractivity contribution is 4.75. The first-order chi connectivity index (χ1) is 8.10. The van der Waals surface area contributed by atoms with Crippen LogP contribution in [0.5, 0.6) is 0 Å². The van der Waals surface area contributed by atoms with E-state index in [0.29, 0.717) is 6.04 Å². The van der Waals surface area contributed by atoms with Crippen molar-refractivity contribution in [2.24, 2.45) is 11.8 Å². The predicted octanol–water partition coefficient (Wildman–Crippen LogP) is 4.78. The Kier molecular flexibility index (Phi) is 10.6. The molecule has 0 aliphatic carbocycles. The maximum absolute atomic E-state index is 3.77. The van der Waals surface area contributed by atoms with Crippen LogP contribution in [-0.2, 0) is 0 Å². The third kappa shape index (κ3) is 10.6. The van der Waals surface area contributed by atoms with Gasteiger partial charge in [0.25, 0.3) is 0 Å². The van der Waals surface area contributed by atoms with E-state index in [2.05, 4.69) is 39.6 Å². The molecule has 0 saturated heterocycles. The van der Waals surface area contributed by atoms with Crippen molar-refractivity contribution in [2.75, 3.05) is 6.54 Å². The van der Waals surface area contributed by atoms with Crippen molar-refractivity contribution in [3.05, 3.63) is 12.7 Å². The van der Waals surface area contributed by atoms with Gasteiger partial charge in [0.2, 0.25) is 0 Å². The summed E-state index contributed by atoms with van der Waals surface area (Å²) >= 11 is 0. The summed E-state index contributed by atoms with van der Waals surface area (Å²) in [5.74, 6) is 1.73. The van der Waals surface area contributed by atoms with Gasteiger partial charge in [0, 0.05) is 12.6 Å². The van der Waals surface area contributed by atoms with Crippen molar-refractivity contribution in [2.45, 2.75) is 72.3 Å². The molecule has 0 saturated carbocycles. The summed E-state index contributed by atoms with van der Waals surface area (Å²) in [5, 5.41) is 3.57. The van der Waals surface area contributed by atoms with Gasteiger partial charge in [-0.05, 0) is 31.1 Å². The summed E-state index contributed by atoms with van der Waals surface area (Å²) < 4.78 is 0. The van der Waals surface area contributed by atoms with Crippen LogP contribution in [0.1, 0.15) is 66.2 Å². The normalized spacial score (nSPS) is 14.9. The van der Waals surface area contributed by atoms with Crippen LogP contribution in [0.3, 0.4) is 0 Å². The zero-order chi connectivity index (χ0) is 13.1. The average molecular weight is 239 g/mol. The molecule has 0 rings (SSSR count). The van der Waals surface area contributed by atoms with Gasteiger partial charge >= 0.3 is 0 Å². The summed E-state index contributed by atoms with van der Waals surface area (Å²) in [6.45, 7) is 14.0. The minimum absolute atomic E-state index is 0.694. The van der Waals surface area contributed by atoms with Crippen molar-refractivity contribution in [3.63, 3.8) is 0 Å². The highest BCUT2D eigenvalue weighted by Crippen LogP contribution is 2.18. The number of hydrogen-bond acceptors (Lipinski definition) is 1. The van der Waals surface area contributed by atoms with Gasteiger partial charge in [-0.3, -0.25) is 0 Å². The molecule has 0 fully saturated rings. The first-order valence-corrected chi connectivity index (χ1v) is 7.44. The zero-order valence-corrected chi connectivity index (χ0v) is 12.5. The van der Waals surface area contributed by atoms with Crippen LogP contribution in [0.25, 0.3) is 0 Å². The van der Waals surface area contributed by atoms with Gasteiger partial charge in [0.15, 0.2) is 0 Å². The minimum atomic E-state index is 0.694. The molecule has 0 aliphatic heterocycles. The van der Waals surface area contributed by atoms with Gasteiger partial charge in [-0.25, -0.2) is 0 Å². The number of hydrogen-bond donors (Lipinski definition) is 1. The molecule has 0 bridgehead atoms. The second-order valence-electron chi connectivity index (χ2n) is 5.84. The molecule has 0 aromatic rings. The first-order valence-electron chi connectivity index (χ1n) is 7.44. The molecule has 2 unspecified atom stereocenters. The van der Waals surface area contributed by atoms with Crippen LogP contribution in [0.2, 0.25) is 0 Å². The van der Waals surface area contributed by atoms with E-state index in [-0.39, 0.29) is 0 Å². The van der Waals surface area contributed by atoms with Crippen molar-refractivity contribution in [3.8, 4) is 0 Å². The number of nitrogens with one attached hydrogen (secondary N) is 1. The highest BCUT2D eigenvalue weighted by Gasteiger charge is 2.09. The lowest BCUT2D eigenvalue weighted by Crippen LogP contribution is -2.29. The molecule has 0 radical (unpaired) electrons. The van der Waals surface area contributed by atoms with Crippen LogP contribution in [0.15, 0.2) is 12.7 Å². The average Bonchev–Trinajstić information content (AvgIpc) is 2.30. The van der Waals surface area contributed by atoms with E-state index in [4.69, 9.17) is 0 Å². The summed E-state index contributed by atoms with van der Waals surface area (Å²) in [4.78, 5) is 0. The van der Waals surface area contributed by atoms with Crippen molar-refractivity contribution in [1.82, 2.24) is 5.32 Å². The Morgan fingerprint density at radius 3 is 2.18 bits per heavy atom. The topological polar surface area (TPSA) is 12.0 Å². The molecule has 0 amide bonds. The fourth-order valence-electron chi connectivity index (χ4n) is 2.19.